The van der Waals surface area contributed by atoms with E-state index in [1.807, 2.05) is 0 Å². The normalized spacial score (nSPS) is 13.2. The van der Waals surface area contributed by atoms with Crippen LogP contribution in [0.5, 0.6) is 0 Å². The van der Waals surface area contributed by atoms with Crippen LogP contribution in [0.15, 0.2) is 284 Å². The second-order valence-electron chi connectivity index (χ2n) is 22.1. The average Bonchev–Trinajstić information content (AvgIpc) is 2.53. The first-order chi connectivity index (χ1) is 39.7. The highest BCUT2D eigenvalue weighted by Crippen LogP contribution is 2.65. The highest BCUT2D eigenvalue weighted by atomic mass is 79.9. The predicted octanol–water partition coefficient (Wildman–Crippen LogP) is 21.0. The van der Waals surface area contributed by atoms with Gasteiger partial charge in [0.1, 0.15) is 0 Å². The molecule has 0 radical (unpaired) electrons. The first kappa shape index (κ1) is 50.0. The molecule has 12 aromatic rings. The summed E-state index contributed by atoms with van der Waals surface area (Å²) in [6.45, 7) is 8.52. The second-order valence-corrected chi connectivity index (χ2v) is 23.0. The van der Waals surface area contributed by atoms with Crippen LogP contribution < -0.4 is 10.2 Å². The van der Waals surface area contributed by atoms with E-state index in [9.17, 15) is 0 Å². The number of benzene rings is 12. The molecule has 16 rings (SSSR count). The topological polar surface area (TPSA) is 15.3 Å². The van der Waals surface area contributed by atoms with Crippen molar-refractivity contribution in [3.8, 4) is 44.5 Å². The van der Waals surface area contributed by atoms with Gasteiger partial charge < -0.3 is 10.2 Å². The van der Waals surface area contributed by atoms with E-state index in [0.717, 1.165) is 15.8 Å². The zero-order valence-corrected chi connectivity index (χ0v) is 47.5. The largest absolute Gasteiger partial charge is 0.356 e. The molecule has 388 valence electrons. The van der Waals surface area contributed by atoms with Crippen LogP contribution >= 0.6 is 15.9 Å². The van der Waals surface area contributed by atoms with Crippen molar-refractivity contribution < 1.29 is 0 Å². The van der Waals surface area contributed by atoms with Crippen molar-refractivity contribution in [2.45, 2.75) is 38.5 Å². The number of nitrogens with zero attached hydrogens (tertiary/aromatic N) is 1. The standard InChI is InChI=1S/C39H29N.C25H15Br.C14H15N/c1-26-11-9-13-28(23-26)40(29-14-10-12-27(2)24-29)30-21-22-38-34(25-30)33-17-5-8-20-37(33)39(38)35-18-6-3-15-31(35)32-16-4-7-19-36(32)39;26-16-13-14-24-20(15-16)19-9-3-6-12-23(19)25(24)21-10-4-1-7-17(21)18-8-2-5-11-22(18)25;1-11-5-3-7-13(9-11)15-14-8-4-6-12(2)10-14/h3-25H,1-2H3;1-15H;3-10,15H,1-2H3. The summed E-state index contributed by atoms with van der Waals surface area (Å²) in [5.41, 5.74) is 32.1. The number of anilines is 5. The number of hydrogen-bond acceptors (Lipinski definition) is 2. The number of aryl methyl sites for hydroxylation is 4. The Morgan fingerprint density at radius 3 is 0.926 bits per heavy atom. The smallest absolute Gasteiger partial charge is 0.0725 e. The molecule has 4 aliphatic carbocycles. The van der Waals surface area contributed by atoms with Crippen LogP contribution in [0.2, 0.25) is 0 Å². The van der Waals surface area contributed by atoms with Gasteiger partial charge in [-0.1, -0.05) is 222 Å². The first-order valence-electron chi connectivity index (χ1n) is 28.1. The molecule has 3 heteroatoms. The van der Waals surface area contributed by atoms with Gasteiger partial charge in [0.15, 0.2) is 0 Å². The molecule has 0 atom stereocenters. The fourth-order valence-corrected chi connectivity index (χ4v) is 14.3. The van der Waals surface area contributed by atoms with E-state index in [1.54, 1.807) is 0 Å². The molecule has 0 saturated carbocycles. The lowest BCUT2D eigenvalue weighted by Crippen LogP contribution is -2.25. The van der Waals surface area contributed by atoms with Crippen LogP contribution in [0.3, 0.4) is 0 Å². The third-order valence-electron chi connectivity index (χ3n) is 17.0. The molecule has 0 bridgehead atoms. The van der Waals surface area contributed by atoms with E-state index in [1.165, 1.54) is 128 Å². The van der Waals surface area contributed by atoms with Crippen molar-refractivity contribution in [1.82, 2.24) is 0 Å². The van der Waals surface area contributed by atoms with Gasteiger partial charge in [-0.05, 0) is 212 Å². The molecule has 4 aliphatic rings. The molecule has 2 spiro atoms. The lowest BCUT2D eigenvalue weighted by atomic mass is 9.70. The third kappa shape index (κ3) is 8.13. The summed E-state index contributed by atoms with van der Waals surface area (Å²) in [6.07, 6.45) is 0. The first-order valence-corrected chi connectivity index (χ1v) is 28.9. The van der Waals surface area contributed by atoms with E-state index in [2.05, 4.69) is 333 Å². The van der Waals surface area contributed by atoms with E-state index in [-0.39, 0.29) is 10.8 Å². The number of fused-ring (bicyclic) bond motifs is 20. The summed E-state index contributed by atoms with van der Waals surface area (Å²) < 4.78 is 1.13. The molecule has 2 nitrogen and oxygen atoms in total. The average molecular weight is 1100 g/mol. The van der Waals surface area contributed by atoms with Gasteiger partial charge in [0.05, 0.1) is 10.8 Å². The second kappa shape index (κ2) is 20.1. The van der Waals surface area contributed by atoms with Gasteiger partial charge in [0, 0.05) is 32.9 Å². The molecule has 1 N–H and O–H groups in total. The number of nitrogens with one attached hydrogen (secondary N) is 1. The monoisotopic (exact) mass is 1100 g/mol. The minimum Gasteiger partial charge on any atom is -0.356 e. The summed E-state index contributed by atoms with van der Waals surface area (Å²) in [5.74, 6) is 0. The summed E-state index contributed by atoms with van der Waals surface area (Å²) in [5, 5.41) is 3.39. The maximum atomic E-state index is 3.68. The lowest BCUT2D eigenvalue weighted by molar-refractivity contribution is 0.793. The minimum atomic E-state index is -0.310. The van der Waals surface area contributed by atoms with E-state index in [0.29, 0.717) is 0 Å². The number of halogens is 1. The Bertz CT molecular complexity index is 4250. The van der Waals surface area contributed by atoms with E-state index >= 15 is 0 Å². The third-order valence-corrected chi connectivity index (χ3v) is 17.5. The zero-order valence-electron chi connectivity index (χ0n) is 45.9. The molecule has 0 fully saturated rings. The van der Waals surface area contributed by atoms with E-state index in [4.69, 9.17) is 0 Å². The molecule has 0 saturated heterocycles. The molecule has 0 aliphatic heterocycles. The molecule has 0 amide bonds. The van der Waals surface area contributed by atoms with Gasteiger partial charge in [-0.15, -0.1) is 0 Å². The van der Waals surface area contributed by atoms with Crippen molar-refractivity contribution in [1.29, 1.82) is 0 Å². The number of rotatable bonds is 5. The summed E-state index contributed by atoms with van der Waals surface area (Å²) in [6, 6.07) is 102. The fraction of sp³-hybridized carbons (Fsp3) is 0.0769. The molecule has 81 heavy (non-hydrogen) atoms. The maximum absolute atomic E-state index is 3.68. The lowest BCUT2D eigenvalue weighted by Gasteiger charge is -2.31. The van der Waals surface area contributed by atoms with Crippen LogP contribution in [0.25, 0.3) is 44.5 Å². The van der Waals surface area contributed by atoms with Crippen LogP contribution in [-0.4, -0.2) is 0 Å². The molecule has 0 aromatic heterocycles. The van der Waals surface area contributed by atoms with Crippen molar-refractivity contribution in [3.05, 3.63) is 350 Å². The van der Waals surface area contributed by atoms with Crippen LogP contribution in [0.1, 0.15) is 66.8 Å². The van der Waals surface area contributed by atoms with Gasteiger partial charge in [-0.25, -0.2) is 0 Å². The van der Waals surface area contributed by atoms with Crippen LogP contribution in [-0.2, 0) is 10.8 Å². The van der Waals surface area contributed by atoms with Gasteiger partial charge in [-0.2, -0.15) is 0 Å². The predicted molar refractivity (Wildman–Crippen MR) is 343 cm³/mol. The highest BCUT2D eigenvalue weighted by Gasteiger charge is 2.53. The fourth-order valence-electron chi connectivity index (χ4n) is 13.9. The molecule has 0 unspecified atom stereocenters. The molecular weight excluding hydrogens is 1040 g/mol. The SMILES string of the molecule is Brc1ccc2c(c1)-c1ccccc1C21c2ccccc2-c2ccccc21.Cc1cccc(N(c2cccc(C)c2)c2ccc3c(c2)-c2ccccc2C32c3ccccc3-c3ccccc32)c1.Cc1cccc(Nc2cccc(C)c2)c1. The summed E-state index contributed by atoms with van der Waals surface area (Å²) >= 11 is 3.68. The molecule has 12 aromatic carbocycles. The van der Waals surface area contributed by atoms with Crippen molar-refractivity contribution >= 4 is 44.4 Å². The summed E-state index contributed by atoms with van der Waals surface area (Å²) in [7, 11) is 0. The Morgan fingerprint density at radius 1 is 0.259 bits per heavy atom. The minimum absolute atomic E-state index is 0.209. The Hall–Kier alpha value is -9.28. The zero-order chi connectivity index (χ0) is 54.8. The van der Waals surface area contributed by atoms with Crippen molar-refractivity contribution in [3.63, 3.8) is 0 Å². The van der Waals surface area contributed by atoms with Crippen molar-refractivity contribution in [2.75, 3.05) is 10.2 Å². The quantitative estimate of drug-likeness (QED) is 0.185. The Labute approximate surface area is 484 Å². The number of hydrogen-bond donors (Lipinski definition) is 1. The van der Waals surface area contributed by atoms with E-state index < -0.39 is 0 Å². The van der Waals surface area contributed by atoms with Gasteiger partial charge in [0.25, 0.3) is 0 Å². The Morgan fingerprint density at radius 2 is 0.556 bits per heavy atom. The Balaban J connectivity index is 0.000000122. The Kier molecular flexibility index (Phi) is 12.4. The van der Waals surface area contributed by atoms with Crippen LogP contribution in [0, 0.1) is 27.7 Å². The summed E-state index contributed by atoms with van der Waals surface area (Å²) in [4.78, 5) is 2.39. The van der Waals surface area contributed by atoms with Gasteiger partial charge in [0.2, 0.25) is 0 Å². The maximum Gasteiger partial charge on any atom is 0.0725 e. The van der Waals surface area contributed by atoms with Gasteiger partial charge >= 0.3 is 0 Å². The molecular formula is C78H59BrN2. The van der Waals surface area contributed by atoms with Gasteiger partial charge in [-0.3, -0.25) is 0 Å². The highest BCUT2D eigenvalue weighted by molar-refractivity contribution is 9.10. The van der Waals surface area contributed by atoms with Crippen LogP contribution in [0.4, 0.5) is 28.4 Å². The molecule has 0 heterocycles. The van der Waals surface area contributed by atoms with Crippen molar-refractivity contribution in [2.24, 2.45) is 0 Å².